The Morgan fingerprint density at radius 2 is 1.58 bits per heavy atom. The number of hydrogen-bond acceptors (Lipinski definition) is 1. The van der Waals surface area contributed by atoms with E-state index in [4.69, 9.17) is 6.42 Å². The Morgan fingerprint density at radius 1 is 0.846 bits per heavy atom. The molecule has 0 spiro atoms. The lowest BCUT2D eigenvalue weighted by Gasteiger charge is -2.02. The molecule has 0 fully saturated rings. The fraction of sp³-hybridized carbons (Fsp3) is 0.0833. The fourth-order valence-electron chi connectivity index (χ4n) is 3.11. The Morgan fingerprint density at radius 3 is 2.38 bits per heavy atom. The smallest absolute Gasteiger partial charge is 0.247 e. The van der Waals surface area contributed by atoms with Crippen molar-refractivity contribution >= 4 is 21.5 Å². The average Bonchev–Trinajstić information content (AvgIpc) is 2.70. The summed E-state index contributed by atoms with van der Waals surface area (Å²) in [6, 6.07) is 20.6. The molecule has 2 nitrogen and oxygen atoms in total. The van der Waals surface area contributed by atoms with Crippen LogP contribution in [-0.2, 0) is 6.54 Å². The number of aryl methyl sites for hydroxylation is 1. The van der Waals surface area contributed by atoms with Crippen LogP contribution in [0.3, 0.4) is 0 Å². The third kappa shape index (κ3) is 3.02. The second kappa shape index (κ2) is 7.09. The van der Waals surface area contributed by atoms with Crippen LogP contribution in [-0.4, -0.2) is 4.98 Å². The van der Waals surface area contributed by atoms with Crippen LogP contribution in [0.15, 0.2) is 73.1 Å². The number of benzene rings is 2. The maximum absolute atomic E-state index is 5.46. The van der Waals surface area contributed by atoms with Crippen molar-refractivity contribution in [3.05, 3.63) is 84.4 Å². The first kappa shape index (κ1) is 15.9. The standard InChI is InChI=1S/C24H17N2/c1-2-3-17-26-18-15-20-9-5-7-11-22(20)24(26)13-12-23-21-10-6-4-8-19(21)14-16-25-23/h1,4-11,14-16,18H,3,17H2/q+1. The van der Waals surface area contributed by atoms with Gasteiger partial charge >= 0.3 is 0 Å². The highest BCUT2D eigenvalue weighted by Gasteiger charge is 2.12. The largest absolute Gasteiger partial charge is 0.265 e. The maximum Gasteiger partial charge on any atom is 0.265 e. The van der Waals surface area contributed by atoms with Crippen LogP contribution in [0.4, 0.5) is 0 Å². The molecule has 0 aliphatic heterocycles. The Balaban J connectivity index is 1.89. The second-order valence-electron chi connectivity index (χ2n) is 6.03. The van der Waals surface area contributed by atoms with Gasteiger partial charge in [-0.25, -0.2) is 4.98 Å². The van der Waals surface area contributed by atoms with E-state index in [1.54, 1.807) is 0 Å². The third-order valence-corrected chi connectivity index (χ3v) is 4.41. The monoisotopic (exact) mass is 333 g/mol. The third-order valence-electron chi connectivity index (χ3n) is 4.41. The molecule has 0 unspecified atom stereocenters. The summed E-state index contributed by atoms with van der Waals surface area (Å²) in [5.74, 6) is 9.34. The average molecular weight is 333 g/mol. The van der Waals surface area contributed by atoms with Crippen LogP contribution in [0.1, 0.15) is 17.8 Å². The van der Waals surface area contributed by atoms with E-state index < -0.39 is 0 Å². The first-order valence-electron chi connectivity index (χ1n) is 8.57. The van der Waals surface area contributed by atoms with Crippen LogP contribution in [0.5, 0.6) is 0 Å². The van der Waals surface area contributed by atoms with E-state index in [-0.39, 0.29) is 0 Å². The summed E-state index contributed by atoms with van der Waals surface area (Å²) in [4.78, 5) is 4.48. The zero-order valence-corrected chi connectivity index (χ0v) is 14.3. The van der Waals surface area contributed by atoms with Gasteiger partial charge in [0.2, 0.25) is 0 Å². The molecule has 0 saturated carbocycles. The Bertz CT molecular complexity index is 1200. The molecule has 4 rings (SSSR count). The SMILES string of the molecule is C#CCC[n+]1ccc2ccccc2c1C#Cc1nccc2ccccc12. The fourth-order valence-corrected chi connectivity index (χ4v) is 3.11. The molecule has 0 bridgehead atoms. The molecule has 2 heteroatoms. The highest BCUT2D eigenvalue weighted by molar-refractivity contribution is 5.88. The molecule has 0 aliphatic carbocycles. The number of nitrogens with zero attached hydrogens (tertiary/aromatic N) is 2. The predicted molar refractivity (Wildman–Crippen MR) is 105 cm³/mol. The van der Waals surface area contributed by atoms with Gasteiger partial charge in [-0.2, -0.15) is 4.57 Å². The summed E-state index contributed by atoms with van der Waals surface area (Å²) in [6.07, 6.45) is 9.99. The number of terminal acetylenes is 1. The molecule has 0 saturated heterocycles. The van der Waals surface area contributed by atoms with Crippen molar-refractivity contribution in [2.75, 3.05) is 0 Å². The molecular weight excluding hydrogens is 316 g/mol. The van der Waals surface area contributed by atoms with Gasteiger partial charge in [0.15, 0.2) is 12.7 Å². The summed E-state index contributed by atoms with van der Waals surface area (Å²) in [5, 5.41) is 4.50. The maximum atomic E-state index is 5.46. The van der Waals surface area contributed by atoms with Crippen LogP contribution < -0.4 is 4.57 Å². The van der Waals surface area contributed by atoms with Crippen LogP contribution in [0.25, 0.3) is 21.5 Å². The van der Waals surface area contributed by atoms with E-state index in [0.717, 1.165) is 34.1 Å². The van der Waals surface area contributed by atoms with E-state index in [2.05, 4.69) is 63.8 Å². The van der Waals surface area contributed by atoms with Gasteiger partial charge in [0.1, 0.15) is 5.69 Å². The molecule has 0 aliphatic rings. The number of rotatable bonds is 2. The Hall–Kier alpha value is -3.62. The highest BCUT2D eigenvalue weighted by Crippen LogP contribution is 2.17. The zero-order valence-electron chi connectivity index (χ0n) is 14.3. The number of fused-ring (bicyclic) bond motifs is 2. The van der Waals surface area contributed by atoms with Crippen molar-refractivity contribution in [3.8, 4) is 24.2 Å². The lowest BCUT2D eigenvalue weighted by atomic mass is 10.1. The summed E-state index contributed by atoms with van der Waals surface area (Å²) in [7, 11) is 0. The van der Waals surface area contributed by atoms with Crippen molar-refractivity contribution in [1.82, 2.24) is 4.98 Å². The topological polar surface area (TPSA) is 16.8 Å². The van der Waals surface area contributed by atoms with Crippen molar-refractivity contribution in [2.24, 2.45) is 0 Å². The molecular formula is C24H17N2+. The molecule has 26 heavy (non-hydrogen) atoms. The van der Waals surface area contributed by atoms with Crippen LogP contribution in [0, 0.1) is 24.2 Å². The Kier molecular flexibility index (Phi) is 4.33. The van der Waals surface area contributed by atoms with Crippen molar-refractivity contribution < 1.29 is 4.57 Å². The molecule has 2 aromatic heterocycles. The van der Waals surface area contributed by atoms with Gasteiger partial charge in [-0.3, -0.25) is 0 Å². The lowest BCUT2D eigenvalue weighted by molar-refractivity contribution is -0.696. The van der Waals surface area contributed by atoms with E-state index in [1.165, 1.54) is 5.39 Å². The van der Waals surface area contributed by atoms with Gasteiger partial charge in [0, 0.05) is 23.6 Å². The van der Waals surface area contributed by atoms with E-state index in [9.17, 15) is 0 Å². The second-order valence-corrected chi connectivity index (χ2v) is 6.03. The molecule has 0 amide bonds. The minimum Gasteiger partial charge on any atom is -0.247 e. The first-order chi connectivity index (χ1) is 12.9. The number of hydrogen-bond donors (Lipinski definition) is 0. The lowest BCUT2D eigenvalue weighted by Crippen LogP contribution is -2.37. The van der Waals surface area contributed by atoms with Crippen molar-refractivity contribution in [3.63, 3.8) is 0 Å². The quantitative estimate of drug-likeness (QED) is 0.399. The zero-order chi connectivity index (χ0) is 17.8. The summed E-state index contributed by atoms with van der Waals surface area (Å²) in [6.45, 7) is 0.744. The van der Waals surface area contributed by atoms with Gasteiger partial charge in [-0.1, -0.05) is 42.5 Å². The highest BCUT2D eigenvalue weighted by atomic mass is 14.9. The van der Waals surface area contributed by atoms with Gasteiger partial charge in [-0.15, -0.1) is 12.3 Å². The minimum atomic E-state index is 0.671. The van der Waals surface area contributed by atoms with Crippen LogP contribution in [0.2, 0.25) is 0 Å². The van der Waals surface area contributed by atoms with Crippen LogP contribution >= 0.6 is 0 Å². The molecule has 4 aromatic rings. The molecule has 0 atom stereocenters. The van der Waals surface area contributed by atoms with E-state index in [1.807, 2.05) is 36.5 Å². The summed E-state index contributed by atoms with van der Waals surface area (Å²) < 4.78 is 2.13. The van der Waals surface area contributed by atoms with E-state index >= 15 is 0 Å². The van der Waals surface area contributed by atoms with Gasteiger partial charge in [0.25, 0.3) is 5.69 Å². The predicted octanol–water partition coefficient (Wildman–Crippen LogP) is 4.10. The Labute approximate surface area is 153 Å². The van der Waals surface area contributed by atoms with E-state index in [0.29, 0.717) is 6.42 Å². The van der Waals surface area contributed by atoms with Crippen molar-refractivity contribution in [2.45, 2.75) is 13.0 Å². The first-order valence-corrected chi connectivity index (χ1v) is 8.57. The molecule has 2 heterocycles. The minimum absolute atomic E-state index is 0.671. The summed E-state index contributed by atoms with van der Waals surface area (Å²) in [5.41, 5.74) is 1.76. The normalized spacial score (nSPS) is 10.3. The molecule has 122 valence electrons. The molecule has 0 radical (unpaired) electrons. The number of pyridine rings is 2. The number of aromatic nitrogens is 2. The van der Waals surface area contributed by atoms with Crippen molar-refractivity contribution in [1.29, 1.82) is 0 Å². The molecule has 0 N–H and O–H groups in total. The van der Waals surface area contributed by atoms with Gasteiger partial charge in [0.05, 0.1) is 11.8 Å². The van der Waals surface area contributed by atoms with Gasteiger partial charge in [-0.05, 0) is 28.8 Å². The van der Waals surface area contributed by atoms with Gasteiger partial charge < -0.3 is 0 Å². The molecule has 2 aromatic carbocycles. The summed E-state index contributed by atoms with van der Waals surface area (Å²) >= 11 is 0.